The number of hydrogen-bond donors (Lipinski definition) is 4. The van der Waals surface area contributed by atoms with Crippen LogP contribution in [0.5, 0.6) is 0 Å². The van der Waals surface area contributed by atoms with E-state index in [4.69, 9.17) is 5.73 Å². The van der Waals surface area contributed by atoms with Gasteiger partial charge in [-0.15, -0.1) is 0 Å². The van der Waals surface area contributed by atoms with Gasteiger partial charge in [0, 0.05) is 19.4 Å². The fourth-order valence-electron chi connectivity index (χ4n) is 1.84. The minimum absolute atomic E-state index is 0.101. The van der Waals surface area contributed by atoms with Crippen LogP contribution in [-0.2, 0) is 14.4 Å². The Kier molecular flexibility index (Phi) is 10.5. The lowest BCUT2D eigenvalue weighted by molar-refractivity contribution is -0.123. The Morgan fingerprint density at radius 1 is 1.40 bits per heavy atom. The highest BCUT2D eigenvalue weighted by atomic mass is 16.2. The molecule has 116 valence electrons. The number of carbonyl (C=O) groups is 3. The van der Waals surface area contributed by atoms with Crippen molar-refractivity contribution in [1.82, 2.24) is 16.0 Å². The normalized spacial score (nSPS) is 16.5. The Hall–Kier alpha value is -1.47. The SMILES string of the molecule is CC(=O)NC(C=O)CCC(N)=O.CNC1CCNCC1. The number of amides is 2. The fourth-order valence-corrected chi connectivity index (χ4v) is 1.84. The molecule has 0 radical (unpaired) electrons. The van der Waals surface area contributed by atoms with E-state index in [1.54, 1.807) is 0 Å². The van der Waals surface area contributed by atoms with Crippen molar-refractivity contribution in [3.8, 4) is 0 Å². The van der Waals surface area contributed by atoms with Gasteiger partial charge in [-0.2, -0.15) is 0 Å². The molecule has 0 aromatic carbocycles. The first-order valence-corrected chi connectivity index (χ1v) is 6.88. The van der Waals surface area contributed by atoms with Gasteiger partial charge in [-0.1, -0.05) is 0 Å². The second-order valence-corrected chi connectivity index (χ2v) is 4.76. The van der Waals surface area contributed by atoms with Crippen LogP contribution in [0.1, 0.15) is 32.6 Å². The van der Waals surface area contributed by atoms with Crippen LogP contribution in [-0.4, -0.2) is 50.3 Å². The van der Waals surface area contributed by atoms with E-state index in [1.165, 1.54) is 32.9 Å². The molecule has 2 amide bonds. The zero-order chi connectivity index (χ0) is 15.4. The number of piperidine rings is 1. The van der Waals surface area contributed by atoms with Crippen molar-refractivity contribution in [3.63, 3.8) is 0 Å². The summed E-state index contributed by atoms with van der Waals surface area (Å²) < 4.78 is 0. The quantitative estimate of drug-likeness (QED) is 0.464. The van der Waals surface area contributed by atoms with Gasteiger partial charge in [0.25, 0.3) is 0 Å². The first-order chi connectivity index (χ1) is 9.49. The predicted octanol–water partition coefficient (Wildman–Crippen LogP) is -1.09. The maximum atomic E-state index is 10.5. The largest absolute Gasteiger partial charge is 0.370 e. The molecule has 0 aromatic rings. The topological polar surface area (TPSA) is 113 Å². The number of rotatable bonds is 6. The van der Waals surface area contributed by atoms with Gasteiger partial charge in [0.15, 0.2) is 0 Å². The molecule has 1 atom stereocenters. The molecule has 0 aliphatic carbocycles. The summed E-state index contributed by atoms with van der Waals surface area (Å²) in [7, 11) is 2.04. The van der Waals surface area contributed by atoms with Crippen molar-refractivity contribution >= 4 is 18.1 Å². The molecular weight excluding hydrogens is 260 g/mol. The molecule has 1 saturated heterocycles. The third-order valence-electron chi connectivity index (χ3n) is 3.00. The van der Waals surface area contributed by atoms with Gasteiger partial charge in [0.05, 0.1) is 6.04 Å². The first-order valence-electron chi connectivity index (χ1n) is 6.88. The molecule has 1 fully saturated rings. The van der Waals surface area contributed by atoms with Gasteiger partial charge >= 0.3 is 0 Å². The van der Waals surface area contributed by atoms with Crippen LogP contribution in [0.2, 0.25) is 0 Å². The molecule has 1 heterocycles. The van der Waals surface area contributed by atoms with Crippen molar-refractivity contribution in [2.75, 3.05) is 20.1 Å². The molecule has 7 nitrogen and oxygen atoms in total. The van der Waals surface area contributed by atoms with Crippen molar-refractivity contribution in [2.45, 2.75) is 44.7 Å². The van der Waals surface area contributed by atoms with Crippen LogP contribution >= 0.6 is 0 Å². The molecule has 1 aliphatic rings. The molecule has 1 unspecified atom stereocenters. The van der Waals surface area contributed by atoms with Gasteiger partial charge in [-0.05, 0) is 39.4 Å². The monoisotopic (exact) mass is 286 g/mol. The van der Waals surface area contributed by atoms with E-state index in [1.807, 2.05) is 7.05 Å². The van der Waals surface area contributed by atoms with Gasteiger partial charge in [-0.3, -0.25) is 9.59 Å². The Balaban J connectivity index is 0.000000388. The van der Waals surface area contributed by atoms with E-state index in [0.29, 0.717) is 6.29 Å². The van der Waals surface area contributed by atoms with E-state index < -0.39 is 11.9 Å². The molecule has 0 bridgehead atoms. The maximum absolute atomic E-state index is 10.5. The molecule has 20 heavy (non-hydrogen) atoms. The number of hydrogen-bond acceptors (Lipinski definition) is 5. The second-order valence-electron chi connectivity index (χ2n) is 4.76. The average molecular weight is 286 g/mol. The lowest BCUT2D eigenvalue weighted by atomic mass is 10.1. The summed E-state index contributed by atoms with van der Waals surface area (Å²) in [4.78, 5) is 31.1. The van der Waals surface area contributed by atoms with Crippen LogP contribution < -0.4 is 21.7 Å². The molecule has 5 N–H and O–H groups in total. The summed E-state index contributed by atoms with van der Waals surface area (Å²) >= 11 is 0. The van der Waals surface area contributed by atoms with Gasteiger partial charge in [0.2, 0.25) is 11.8 Å². The van der Waals surface area contributed by atoms with E-state index >= 15 is 0 Å². The molecule has 0 spiro atoms. The standard InChI is InChI=1S/C7H12N2O3.C6H14N2/c1-5(11)9-6(4-10)2-3-7(8)12;1-7-6-2-4-8-5-3-6/h4,6H,2-3H2,1H3,(H2,8,12)(H,9,11);6-8H,2-5H2,1H3. The zero-order valence-electron chi connectivity index (χ0n) is 12.3. The molecule has 7 heteroatoms. The summed E-state index contributed by atoms with van der Waals surface area (Å²) in [6.07, 6.45) is 3.53. The zero-order valence-corrected chi connectivity index (χ0v) is 12.3. The lowest BCUT2D eigenvalue weighted by Gasteiger charge is -2.21. The minimum Gasteiger partial charge on any atom is -0.370 e. The van der Waals surface area contributed by atoms with Gasteiger partial charge < -0.3 is 26.5 Å². The highest BCUT2D eigenvalue weighted by Gasteiger charge is 2.09. The number of primary amides is 1. The number of nitrogens with two attached hydrogens (primary N) is 1. The Morgan fingerprint density at radius 2 is 2.00 bits per heavy atom. The third kappa shape index (κ3) is 10.5. The molecule has 0 saturated carbocycles. The average Bonchev–Trinajstić information content (AvgIpc) is 2.44. The third-order valence-corrected chi connectivity index (χ3v) is 3.00. The minimum atomic E-state index is -0.602. The summed E-state index contributed by atoms with van der Waals surface area (Å²) in [5.41, 5.74) is 4.86. The summed E-state index contributed by atoms with van der Waals surface area (Å²) in [6.45, 7) is 3.68. The van der Waals surface area contributed by atoms with Crippen LogP contribution in [0.25, 0.3) is 0 Å². The fraction of sp³-hybridized carbons (Fsp3) is 0.769. The highest BCUT2D eigenvalue weighted by Crippen LogP contribution is 1.99. The predicted molar refractivity (Wildman–Crippen MR) is 77.0 cm³/mol. The van der Waals surface area contributed by atoms with Crippen molar-refractivity contribution in [2.24, 2.45) is 5.73 Å². The van der Waals surface area contributed by atoms with Crippen LogP contribution in [0.3, 0.4) is 0 Å². The van der Waals surface area contributed by atoms with E-state index in [-0.39, 0.29) is 18.7 Å². The van der Waals surface area contributed by atoms with Crippen molar-refractivity contribution < 1.29 is 14.4 Å². The van der Waals surface area contributed by atoms with Crippen LogP contribution in [0.15, 0.2) is 0 Å². The molecular formula is C13H26N4O3. The van der Waals surface area contributed by atoms with Crippen LogP contribution in [0.4, 0.5) is 0 Å². The Morgan fingerprint density at radius 3 is 2.35 bits per heavy atom. The lowest BCUT2D eigenvalue weighted by Crippen LogP contribution is -2.37. The van der Waals surface area contributed by atoms with E-state index in [9.17, 15) is 14.4 Å². The molecule has 1 rings (SSSR count). The Labute approximate surface area is 120 Å². The maximum Gasteiger partial charge on any atom is 0.217 e. The first kappa shape index (κ1) is 18.5. The summed E-state index contributed by atoms with van der Waals surface area (Å²) in [5.74, 6) is -0.774. The summed E-state index contributed by atoms with van der Waals surface area (Å²) in [6, 6.07) is 0.172. The van der Waals surface area contributed by atoms with Crippen molar-refractivity contribution in [3.05, 3.63) is 0 Å². The van der Waals surface area contributed by atoms with E-state index in [2.05, 4.69) is 16.0 Å². The van der Waals surface area contributed by atoms with Gasteiger partial charge in [0.1, 0.15) is 6.29 Å². The molecule has 0 aromatic heterocycles. The highest BCUT2D eigenvalue weighted by molar-refractivity contribution is 5.78. The number of nitrogens with one attached hydrogen (secondary N) is 3. The van der Waals surface area contributed by atoms with Gasteiger partial charge in [-0.25, -0.2) is 0 Å². The summed E-state index contributed by atoms with van der Waals surface area (Å²) in [5, 5.41) is 8.94. The van der Waals surface area contributed by atoms with Crippen molar-refractivity contribution in [1.29, 1.82) is 0 Å². The van der Waals surface area contributed by atoms with E-state index in [0.717, 1.165) is 6.04 Å². The van der Waals surface area contributed by atoms with Crippen LogP contribution in [0, 0.1) is 0 Å². The molecule has 1 aliphatic heterocycles. The second kappa shape index (κ2) is 11.4. The Bertz CT molecular complexity index is 304. The smallest absolute Gasteiger partial charge is 0.217 e. The number of aldehydes is 1. The number of carbonyl (C=O) groups excluding carboxylic acids is 3.